The van der Waals surface area contributed by atoms with Crippen molar-refractivity contribution in [3.8, 4) is 5.75 Å². The number of benzene rings is 2. The number of nitrogens with one attached hydrogen (secondary N) is 1. The summed E-state index contributed by atoms with van der Waals surface area (Å²) in [5, 5.41) is 3.42. The third kappa shape index (κ3) is 4.15. The van der Waals surface area contributed by atoms with E-state index in [1.165, 1.54) is 7.11 Å². The average molecular weight is 454 g/mol. The Morgan fingerprint density at radius 1 is 1.06 bits per heavy atom. The van der Waals surface area contributed by atoms with E-state index in [2.05, 4.69) is 5.32 Å². The second kappa shape index (κ2) is 9.23. The van der Waals surface area contributed by atoms with Crippen molar-refractivity contribution in [2.75, 3.05) is 19.0 Å². The molecule has 5 rings (SSSR count). The summed E-state index contributed by atoms with van der Waals surface area (Å²) in [6, 6.07) is 18.2. The van der Waals surface area contributed by atoms with E-state index < -0.39 is 18.5 Å². The molecule has 2 aromatic carbocycles. The fourth-order valence-electron chi connectivity index (χ4n) is 4.19. The van der Waals surface area contributed by atoms with Crippen LogP contribution in [0.15, 0.2) is 71.3 Å². The molecule has 0 radical (unpaired) electrons. The molecule has 2 aromatic heterocycles. The molecule has 7 heteroatoms. The normalized spacial score (nSPS) is 13.6. The van der Waals surface area contributed by atoms with Crippen LogP contribution in [0.5, 0.6) is 5.75 Å². The van der Waals surface area contributed by atoms with E-state index in [1.54, 1.807) is 30.5 Å². The lowest BCUT2D eigenvalue weighted by Crippen LogP contribution is -2.22. The van der Waals surface area contributed by atoms with Crippen LogP contribution in [0.25, 0.3) is 22.6 Å². The van der Waals surface area contributed by atoms with E-state index in [1.807, 2.05) is 42.5 Å². The predicted molar refractivity (Wildman–Crippen MR) is 129 cm³/mol. The first kappa shape index (κ1) is 21.5. The number of esters is 1. The van der Waals surface area contributed by atoms with Gasteiger partial charge in [0.1, 0.15) is 11.5 Å². The number of carbonyl (C=O) groups excluding carboxylic acids is 2. The zero-order valence-corrected chi connectivity index (χ0v) is 18.5. The summed E-state index contributed by atoms with van der Waals surface area (Å²) in [5.74, 6) is 0.251. The summed E-state index contributed by atoms with van der Waals surface area (Å²) in [6.07, 6.45) is 4.95. The Bertz CT molecular complexity index is 1410. The van der Waals surface area contributed by atoms with Crippen LogP contribution in [0, 0.1) is 0 Å². The summed E-state index contributed by atoms with van der Waals surface area (Å²) in [4.78, 5) is 30.5. The van der Waals surface area contributed by atoms with Crippen molar-refractivity contribution >= 4 is 40.1 Å². The molecule has 1 amide bonds. The molecule has 0 unspecified atom stereocenters. The number of anilines is 1. The van der Waals surface area contributed by atoms with Gasteiger partial charge in [0, 0.05) is 5.39 Å². The molecule has 1 N–H and O–H groups in total. The molecule has 0 atom stereocenters. The van der Waals surface area contributed by atoms with Crippen LogP contribution in [0.4, 0.5) is 5.69 Å². The number of allylic oxidation sites excluding steroid dienone is 1. The van der Waals surface area contributed by atoms with E-state index in [4.69, 9.17) is 18.9 Å². The van der Waals surface area contributed by atoms with Crippen molar-refractivity contribution in [3.05, 3.63) is 89.5 Å². The summed E-state index contributed by atoms with van der Waals surface area (Å²) in [6.45, 7) is -0.419. The van der Waals surface area contributed by atoms with Crippen LogP contribution in [0.1, 0.15) is 33.8 Å². The molecule has 0 saturated heterocycles. The van der Waals surface area contributed by atoms with E-state index >= 15 is 0 Å². The van der Waals surface area contributed by atoms with Gasteiger partial charge in [-0.05, 0) is 60.4 Å². The summed E-state index contributed by atoms with van der Waals surface area (Å²) in [5.41, 5.74) is 4.24. The lowest BCUT2D eigenvalue weighted by Gasteiger charge is -2.13. The minimum Gasteiger partial charge on any atom is -0.495 e. The third-order valence-corrected chi connectivity index (χ3v) is 5.72. The van der Waals surface area contributed by atoms with Gasteiger partial charge in [-0.25, -0.2) is 9.78 Å². The second-order valence-electron chi connectivity index (χ2n) is 7.84. The Kier molecular flexibility index (Phi) is 5.82. The van der Waals surface area contributed by atoms with Gasteiger partial charge in [-0.15, -0.1) is 0 Å². The molecule has 0 saturated carbocycles. The number of furan rings is 1. The molecular formula is C27H22N2O5. The van der Waals surface area contributed by atoms with Gasteiger partial charge in [0.25, 0.3) is 5.91 Å². The third-order valence-electron chi connectivity index (χ3n) is 5.72. The standard InChI is InChI=1S/C27H22N2O5/c1-32-23-11-5-4-10-22(23)28-24(30)16-34-27(31)25-19-8-2-3-9-21(19)29-26-17(12-13-20(25)26)15-18-7-6-14-33-18/h2-11,14-15H,12-13,16H2,1H3,(H,28,30)/b17-15-. The first-order chi connectivity index (χ1) is 16.6. The lowest BCUT2D eigenvalue weighted by molar-refractivity contribution is -0.119. The van der Waals surface area contributed by atoms with Gasteiger partial charge < -0.3 is 19.2 Å². The smallest absolute Gasteiger partial charge is 0.339 e. The van der Waals surface area contributed by atoms with Crippen LogP contribution in [-0.2, 0) is 16.0 Å². The van der Waals surface area contributed by atoms with Crippen molar-refractivity contribution in [2.45, 2.75) is 12.8 Å². The predicted octanol–water partition coefficient (Wildman–Crippen LogP) is 5.12. The van der Waals surface area contributed by atoms with Gasteiger partial charge in [-0.1, -0.05) is 30.3 Å². The van der Waals surface area contributed by atoms with Crippen LogP contribution in [-0.4, -0.2) is 30.6 Å². The summed E-state index contributed by atoms with van der Waals surface area (Å²) in [7, 11) is 1.52. The molecule has 170 valence electrons. The number of pyridine rings is 1. The first-order valence-corrected chi connectivity index (χ1v) is 10.9. The number of methoxy groups -OCH3 is 1. The molecular weight excluding hydrogens is 432 g/mol. The van der Waals surface area contributed by atoms with E-state index in [-0.39, 0.29) is 0 Å². The fourth-order valence-corrected chi connectivity index (χ4v) is 4.19. The number of hydrogen-bond acceptors (Lipinski definition) is 6. The maximum atomic E-state index is 13.2. The molecule has 4 aromatic rings. The zero-order valence-electron chi connectivity index (χ0n) is 18.5. The topological polar surface area (TPSA) is 90.7 Å². The number of hydrogen-bond donors (Lipinski definition) is 1. The molecule has 0 spiro atoms. The molecule has 2 heterocycles. The Balaban J connectivity index is 1.42. The van der Waals surface area contributed by atoms with E-state index in [0.717, 1.165) is 29.0 Å². The van der Waals surface area contributed by atoms with Crippen molar-refractivity contribution in [3.63, 3.8) is 0 Å². The Morgan fingerprint density at radius 2 is 1.88 bits per heavy atom. The highest BCUT2D eigenvalue weighted by Gasteiger charge is 2.28. The minimum atomic E-state index is -0.552. The van der Waals surface area contributed by atoms with Gasteiger partial charge in [0.2, 0.25) is 0 Å². The Labute approximate surface area is 196 Å². The summed E-state index contributed by atoms with van der Waals surface area (Å²) >= 11 is 0. The quantitative estimate of drug-likeness (QED) is 0.407. The summed E-state index contributed by atoms with van der Waals surface area (Å²) < 4.78 is 16.2. The monoisotopic (exact) mass is 454 g/mol. The molecule has 34 heavy (non-hydrogen) atoms. The number of aromatic nitrogens is 1. The number of amides is 1. The highest BCUT2D eigenvalue weighted by Crippen LogP contribution is 2.37. The van der Waals surface area contributed by atoms with Gasteiger partial charge in [0.05, 0.1) is 35.8 Å². The minimum absolute atomic E-state index is 0.419. The highest BCUT2D eigenvalue weighted by atomic mass is 16.5. The lowest BCUT2D eigenvalue weighted by atomic mass is 10.0. The fraction of sp³-hybridized carbons (Fsp3) is 0.148. The van der Waals surface area contributed by atoms with Gasteiger partial charge >= 0.3 is 5.97 Å². The average Bonchev–Trinajstić information content (AvgIpc) is 3.52. The second-order valence-corrected chi connectivity index (χ2v) is 7.84. The van der Waals surface area contributed by atoms with Crippen LogP contribution < -0.4 is 10.1 Å². The van der Waals surface area contributed by atoms with Gasteiger partial charge in [0.15, 0.2) is 6.61 Å². The van der Waals surface area contributed by atoms with Crippen molar-refractivity contribution in [1.29, 1.82) is 0 Å². The number of rotatable bonds is 6. The molecule has 0 aliphatic heterocycles. The Hall–Kier alpha value is -4.39. The van der Waals surface area contributed by atoms with Crippen LogP contribution in [0.3, 0.4) is 0 Å². The van der Waals surface area contributed by atoms with Gasteiger partial charge in [-0.3, -0.25) is 4.79 Å². The number of para-hydroxylation sites is 3. The van der Waals surface area contributed by atoms with Crippen molar-refractivity contribution in [2.24, 2.45) is 0 Å². The maximum Gasteiger partial charge on any atom is 0.339 e. The largest absolute Gasteiger partial charge is 0.495 e. The maximum absolute atomic E-state index is 13.2. The number of carbonyl (C=O) groups is 2. The van der Waals surface area contributed by atoms with Crippen LogP contribution >= 0.6 is 0 Å². The Morgan fingerprint density at radius 3 is 2.71 bits per heavy atom. The number of fused-ring (bicyclic) bond motifs is 2. The first-order valence-electron chi connectivity index (χ1n) is 10.9. The van der Waals surface area contributed by atoms with Crippen LogP contribution in [0.2, 0.25) is 0 Å². The number of ether oxygens (including phenoxy) is 2. The molecule has 1 aliphatic rings. The number of nitrogens with zero attached hydrogens (tertiary/aromatic N) is 1. The highest BCUT2D eigenvalue weighted by molar-refractivity contribution is 6.08. The van der Waals surface area contributed by atoms with Crippen molar-refractivity contribution in [1.82, 2.24) is 4.98 Å². The SMILES string of the molecule is COc1ccccc1NC(=O)COC(=O)c1c2c(nc3ccccc13)/C(=C\c1ccco1)CC2. The molecule has 0 bridgehead atoms. The van der Waals surface area contributed by atoms with E-state index in [0.29, 0.717) is 34.3 Å². The molecule has 1 aliphatic carbocycles. The van der Waals surface area contributed by atoms with E-state index in [9.17, 15) is 9.59 Å². The van der Waals surface area contributed by atoms with Gasteiger partial charge in [-0.2, -0.15) is 0 Å². The molecule has 7 nitrogen and oxygen atoms in total. The molecule has 0 fully saturated rings. The zero-order chi connectivity index (χ0) is 23.5. The van der Waals surface area contributed by atoms with Crippen molar-refractivity contribution < 1.29 is 23.5 Å².